The molecule has 6 rings (SSSR count). The van der Waals surface area contributed by atoms with Crippen molar-refractivity contribution >= 4 is 40.0 Å². The SMILES string of the molecule is CC(=O)Cc1ccc(NC(=O)Nc2ccc(-c3nc(N4CCOCC4)c4ncc(-c5ccco5)cc4n3)cc2)cc1F. The maximum atomic E-state index is 14.3. The summed E-state index contributed by atoms with van der Waals surface area (Å²) in [4.78, 5) is 40.4. The third-order valence-corrected chi connectivity index (χ3v) is 6.79. The van der Waals surface area contributed by atoms with E-state index >= 15 is 0 Å². The van der Waals surface area contributed by atoms with E-state index in [1.54, 1.807) is 30.7 Å². The average molecular weight is 567 g/mol. The topological polar surface area (TPSA) is 122 Å². The number of urea groups is 1. The number of furan rings is 1. The fourth-order valence-corrected chi connectivity index (χ4v) is 4.74. The highest BCUT2D eigenvalue weighted by Gasteiger charge is 2.20. The van der Waals surface area contributed by atoms with Crippen molar-refractivity contribution in [2.24, 2.45) is 0 Å². The van der Waals surface area contributed by atoms with E-state index in [-0.39, 0.29) is 23.5 Å². The van der Waals surface area contributed by atoms with E-state index in [0.717, 1.165) is 16.9 Å². The molecule has 0 aliphatic carbocycles. The first-order valence-electron chi connectivity index (χ1n) is 13.4. The van der Waals surface area contributed by atoms with Gasteiger partial charge < -0.3 is 24.7 Å². The van der Waals surface area contributed by atoms with Gasteiger partial charge in [-0.05, 0) is 67.1 Å². The summed E-state index contributed by atoms with van der Waals surface area (Å²) in [6.45, 7) is 3.98. The van der Waals surface area contributed by atoms with Gasteiger partial charge in [-0.25, -0.2) is 24.1 Å². The molecule has 0 unspecified atom stereocenters. The summed E-state index contributed by atoms with van der Waals surface area (Å²) in [7, 11) is 0. The number of rotatable bonds is 7. The first-order valence-corrected chi connectivity index (χ1v) is 13.4. The predicted molar refractivity (Wildman–Crippen MR) is 157 cm³/mol. The summed E-state index contributed by atoms with van der Waals surface area (Å²) >= 11 is 0. The molecule has 42 heavy (non-hydrogen) atoms. The summed E-state index contributed by atoms with van der Waals surface area (Å²) in [6, 6.07) is 16.5. The Balaban J connectivity index is 1.23. The largest absolute Gasteiger partial charge is 0.464 e. The molecule has 1 fully saturated rings. The highest BCUT2D eigenvalue weighted by Crippen LogP contribution is 2.30. The number of nitrogens with zero attached hydrogens (tertiary/aromatic N) is 4. The Hall–Kier alpha value is -5.16. The quantitative estimate of drug-likeness (QED) is 0.257. The second kappa shape index (κ2) is 11.8. The summed E-state index contributed by atoms with van der Waals surface area (Å²) in [5, 5.41) is 5.35. The lowest BCUT2D eigenvalue weighted by Crippen LogP contribution is -2.37. The Labute approximate surface area is 240 Å². The number of hydrogen-bond acceptors (Lipinski definition) is 8. The minimum absolute atomic E-state index is 0.00117. The summed E-state index contributed by atoms with van der Waals surface area (Å²) in [5.74, 6) is 1.25. The molecule has 4 heterocycles. The van der Waals surface area contributed by atoms with Crippen molar-refractivity contribution in [1.29, 1.82) is 0 Å². The van der Waals surface area contributed by atoms with Crippen molar-refractivity contribution in [2.75, 3.05) is 41.8 Å². The number of Topliss-reactive ketones (excluding diaryl/α,β-unsaturated/α-hetero) is 1. The van der Waals surface area contributed by atoms with Gasteiger partial charge >= 0.3 is 6.03 Å². The number of hydrogen-bond donors (Lipinski definition) is 2. The maximum absolute atomic E-state index is 14.3. The Bertz CT molecular complexity index is 1750. The van der Waals surface area contributed by atoms with Crippen molar-refractivity contribution in [3.05, 3.63) is 84.5 Å². The molecule has 3 aromatic heterocycles. The fraction of sp³-hybridized carbons (Fsp3) is 0.194. The van der Waals surface area contributed by atoms with Crippen LogP contribution in [0.2, 0.25) is 0 Å². The zero-order valence-electron chi connectivity index (χ0n) is 22.8. The lowest BCUT2D eigenvalue weighted by molar-refractivity contribution is -0.116. The number of amides is 2. The van der Waals surface area contributed by atoms with Crippen LogP contribution in [0.4, 0.5) is 26.4 Å². The van der Waals surface area contributed by atoms with Crippen LogP contribution in [0, 0.1) is 5.82 Å². The number of fused-ring (bicyclic) bond motifs is 1. The number of benzene rings is 2. The van der Waals surface area contributed by atoms with Crippen molar-refractivity contribution < 1.29 is 23.1 Å². The number of nitrogens with one attached hydrogen (secondary N) is 2. The lowest BCUT2D eigenvalue weighted by atomic mass is 10.1. The Morgan fingerprint density at radius 1 is 0.952 bits per heavy atom. The molecular formula is C31H27FN6O4. The molecule has 212 valence electrons. The zero-order valence-corrected chi connectivity index (χ0v) is 22.8. The summed E-state index contributed by atoms with van der Waals surface area (Å²) < 4.78 is 25.4. The molecule has 2 N–H and O–H groups in total. The van der Waals surface area contributed by atoms with Crippen LogP contribution in [0.3, 0.4) is 0 Å². The molecule has 1 aliphatic heterocycles. The number of pyridine rings is 1. The number of aromatic nitrogens is 3. The van der Waals surface area contributed by atoms with Gasteiger partial charge in [0.2, 0.25) is 0 Å². The minimum Gasteiger partial charge on any atom is -0.464 e. The standard InChI is InChI=1S/C31H27FN6O4/c1-19(39)15-21-6-9-24(17-25(21)32)35-31(40)34-23-7-4-20(5-8-23)29-36-26-16-22(27-3-2-12-42-27)18-33-28(26)30(37-29)38-10-13-41-14-11-38/h2-9,12,16-18H,10-11,13-15H2,1H3,(H2,34,35,40). The molecule has 5 aromatic rings. The van der Waals surface area contributed by atoms with E-state index < -0.39 is 11.8 Å². The minimum atomic E-state index is -0.550. The van der Waals surface area contributed by atoms with E-state index in [1.165, 1.54) is 19.1 Å². The number of carbonyl (C=O) groups excluding carboxylic acids is 2. The van der Waals surface area contributed by atoms with E-state index in [2.05, 4.69) is 15.5 Å². The van der Waals surface area contributed by atoms with Crippen molar-refractivity contribution in [1.82, 2.24) is 15.0 Å². The third-order valence-electron chi connectivity index (χ3n) is 6.79. The van der Waals surface area contributed by atoms with Gasteiger partial charge in [-0.1, -0.05) is 6.07 Å². The second-order valence-corrected chi connectivity index (χ2v) is 9.88. The number of carbonyl (C=O) groups is 2. The van der Waals surface area contributed by atoms with Gasteiger partial charge in [0.25, 0.3) is 0 Å². The van der Waals surface area contributed by atoms with Gasteiger partial charge in [0.15, 0.2) is 11.6 Å². The predicted octanol–water partition coefficient (Wildman–Crippen LogP) is 5.70. The Kier molecular flexibility index (Phi) is 7.56. The lowest BCUT2D eigenvalue weighted by Gasteiger charge is -2.28. The molecule has 0 radical (unpaired) electrons. The van der Waals surface area contributed by atoms with Crippen LogP contribution in [0.5, 0.6) is 0 Å². The van der Waals surface area contributed by atoms with E-state index in [0.29, 0.717) is 54.6 Å². The van der Waals surface area contributed by atoms with Crippen molar-refractivity contribution in [3.63, 3.8) is 0 Å². The van der Waals surface area contributed by atoms with Crippen molar-refractivity contribution in [3.8, 4) is 22.7 Å². The second-order valence-electron chi connectivity index (χ2n) is 9.88. The number of ether oxygens (including phenoxy) is 1. The molecule has 11 heteroatoms. The van der Waals surface area contributed by atoms with Gasteiger partial charge in [0, 0.05) is 48.2 Å². The maximum Gasteiger partial charge on any atom is 0.323 e. The number of halogens is 1. The molecule has 0 atom stereocenters. The summed E-state index contributed by atoms with van der Waals surface area (Å²) in [5.41, 5.74) is 4.02. The van der Waals surface area contributed by atoms with Crippen LogP contribution in [0.1, 0.15) is 12.5 Å². The van der Waals surface area contributed by atoms with Gasteiger partial charge in [0.05, 0.1) is 25.0 Å². The zero-order chi connectivity index (χ0) is 29.1. The van der Waals surface area contributed by atoms with Gasteiger partial charge in [-0.3, -0.25) is 4.79 Å². The fourth-order valence-electron chi connectivity index (χ4n) is 4.74. The number of morpholine rings is 1. The molecule has 10 nitrogen and oxygen atoms in total. The van der Waals surface area contributed by atoms with Crippen molar-refractivity contribution in [2.45, 2.75) is 13.3 Å². The van der Waals surface area contributed by atoms with Crippen LogP contribution in [0.25, 0.3) is 33.7 Å². The Morgan fingerprint density at radius 3 is 2.43 bits per heavy atom. The monoisotopic (exact) mass is 566 g/mol. The van der Waals surface area contributed by atoms with Crippen LogP contribution in [-0.4, -0.2) is 53.1 Å². The molecule has 0 bridgehead atoms. The van der Waals surface area contributed by atoms with Gasteiger partial charge in [-0.15, -0.1) is 0 Å². The average Bonchev–Trinajstić information content (AvgIpc) is 3.54. The number of ketones is 1. The highest BCUT2D eigenvalue weighted by atomic mass is 19.1. The highest BCUT2D eigenvalue weighted by molar-refractivity contribution is 6.00. The molecule has 1 aliphatic rings. The van der Waals surface area contributed by atoms with Crippen LogP contribution in [-0.2, 0) is 16.0 Å². The van der Waals surface area contributed by atoms with Gasteiger partial charge in [-0.2, -0.15) is 0 Å². The van der Waals surface area contributed by atoms with Crippen LogP contribution in [0.15, 0.2) is 77.5 Å². The molecule has 2 aromatic carbocycles. The first kappa shape index (κ1) is 27.0. The number of anilines is 3. The van der Waals surface area contributed by atoms with Crippen LogP contribution < -0.4 is 15.5 Å². The molecular weight excluding hydrogens is 539 g/mol. The molecule has 0 saturated carbocycles. The van der Waals surface area contributed by atoms with E-state index in [9.17, 15) is 14.0 Å². The molecule has 2 amide bonds. The normalized spacial score (nSPS) is 13.2. The van der Waals surface area contributed by atoms with Crippen LogP contribution >= 0.6 is 0 Å². The third kappa shape index (κ3) is 5.96. The van der Waals surface area contributed by atoms with E-state index in [1.807, 2.05) is 30.3 Å². The van der Waals surface area contributed by atoms with E-state index in [4.69, 9.17) is 24.1 Å². The first-order chi connectivity index (χ1) is 20.4. The summed E-state index contributed by atoms with van der Waals surface area (Å²) in [6.07, 6.45) is 3.38. The smallest absolute Gasteiger partial charge is 0.323 e. The molecule has 1 saturated heterocycles. The Morgan fingerprint density at radius 2 is 1.71 bits per heavy atom. The molecule has 0 spiro atoms. The van der Waals surface area contributed by atoms with Gasteiger partial charge in [0.1, 0.15) is 22.9 Å².